The summed E-state index contributed by atoms with van der Waals surface area (Å²) in [6.45, 7) is 0. The molecule has 13 aromatic rings. The summed E-state index contributed by atoms with van der Waals surface area (Å²) in [6.07, 6.45) is 1.69. The molecule has 0 saturated carbocycles. The van der Waals surface area contributed by atoms with Crippen LogP contribution in [0, 0.1) is 0 Å². The Morgan fingerprint density at radius 1 is 0.262 bits per heavy atom. The topological polar surface area (TPSA) is 23.0 Å². The molecule has 13 rings (SSSR count). The van der Waals surface area contributed by atoms with E-state index >= 15 is 0 Å². The zero-order valence-electron chi connectivity index (χ0n) is 35.7. The van der Waals surface area contributed by atoms with Gasteiger partial charge in [0.1, 0.15) is 11.2 Å². The summed E-state index contributed by atoms with van der Waals surface area (Å²) >= 11 is 3.53. The minimum atomic E-state index is 0.870. The van der Waals surface area contributed by atoms with Gasteiger partial charge >= 0.3 is 0 Å². The molecule has 308 valence electrons. The largest absolute Gasteiger partial charge is 0.456 e. The van der Waals surface area contributed by atoms with Gasteiger partial charge in [-0.1, -0.05) is 146 Å². The van der Waals surface area contributed by atoms with Crippen molar-refractivity contribution >= 4 is 78.2 Å². The summed E-state index contributed by atoms with van der Waals surface area (Å²) in [4.78, 5) is 0. The Morgan fingerprint density at radius 2 is 0.615 bits per heavy atom. The molecule has 0 amide bonds. The van der Waals surface area contributed by atoms with Crippen molar-refractivity contribution in [3.05, 3.63) is 231 Å². The van der Waals surface area contributed by atoms with Crippen LogP contribution in [0.3, 0.4) is 0 Å². The number of benzene rings is 10. The summed E-state index contributed by atoms with van der Waals surface area (Å²) < 4.78 is 11.3. The predicted octanol–water partition coefficient (Wildman–Crippen LogP) is 17.0. The Morgan fingerprint density at radius 3 is 1.06 bits per heavy atom. The zero-order chi connectivity index (χ0) is 43.4. The molecule has 3 nitrogen and oxygen atoms in total. The van der Waals surface area contributed by atoms with E-state index < -0.39 is 0 Å². The number of nitrogens with zero attached hydrogens (tertiary/aromatic N) is 2. The second-order valence-corrected chi connectivity index (χ2v) is 16.5. The second kappa shape index (κ2) is 15.9. The molecule has 0 unspecified atom stereocenters. The molecular weight excluding hydrogens is 809 g/mol. The van der Waals surface area contributed by atoms with Gasteiger partial charge < -0.3 is 13.6 Å². The van der Waals surface area contributed by atoms with Crippen LogP contribution in [0.25, 0.3) is 121 Å². The average molecular weight is 851 g/mol. The highest BCUT2D eigenvalue weighted by Crippen LogP contribution is 2.41. The summed E-state index contributed by atoms with van der Waals surface area (Å²) in [6, 6.07) is 83.5. The summed E-state index contributed by atoms with van der Waals surface area (Å²) in [5.74, 6) is 0. The third kappa shape index (κ3) is 6.53. The SMILES string of the molecule is CS.c1ccc(-c2cccc(-c3ccc4c(c3)c3cc(-c5cccc(-c6ccccc6)c5)ccc3n4-c3ccc4oc5ccc(-n6c7ccccc7c7ccccc76)cc5c4c3)c2)cc1. The molecule has 0 atom stereocenters. The lowest BCUT2D eigenvalue weighted by atomic mass is 9.96. The van der Waals surface area contributed by atoms with E-state index in [1.165, 1.54) is 77.1 Å². The van der Waals surface area contributed by atoms with Crippen LogP contribution < -0.4 is 0 Å². The van der Waals surface area contributed by atoms with Gasteiger partial charge in [-0.3, -0.25) is 0 Å². The third-order valence-corrected chi connectivity index (χ3v) is 12.9. The van der Waals surface area contributed by atoms with Gasteiger partial charge in [-0.2, -0.15) is 12.6 Å². The van der Waals surface area contributed by atoms with E-state index in [1.54, 1.807) is 6.26 Å². The van der Waals surface area contributed by atoms with Gasteiger partial charge in [0.2, 0.25) is 0 Å². The van der Waals surface area contributed by atoms with Crippen LogP contribution in [0.2, 0.25) is 0 Å². The van der Waals surface area contributed by atoms with Crippen LogP contribution in [0.15, 0.2) is 235 Å². The monoisotopic (exact) mass is 850 g/mol. The molecule has 3 aromatic heterocycles. The molecule has 0 aliphatic rings. The number of aromatic nitrogens is 2. The number of hydrogen-bond donors (Lipinski definition) is 1. The lowest BCUT2D eigenvalue weighted by Crippen LogP contribution is -1.94. The first kappa shape index (κ1) is 38.6. The Bertz CT molecular complexity index is 3720. The van der Waals surface area contributed by atoms with Gasteiger partial charge in [0.05, 0.1) is 22.1 Å². The van der Waals surface area contributed by atoms with Crippen LogP contribution >= 0.6 is 12.6 Å². The molecule has 0 N–H and O–H groups in total. The first-order chi connectivity index (χ1) is 32.2. The maximum absolute atomic E-state index is 6.54. The molecule has 0 radical (unpaired) electrons. The smallest absolute Gasteiger partial charge is 0.135 e. The van der Waals surface area contributed by atoms with E-state index in [0.29, 0.717) is 0 Å². The fourth-order valence-corrected chi connectivity index (χ4v) is 9.91. The minimum absolute atomic E-state index is 0.870. The molecule has 0 saturated heterocycles. The van der Waals surface area contributed by atoms with Gasteiger partial charge in [-0.15, -0.1) is 0 Å². The van der Waals surface area contributed by atoms with Crippen molar-refractivity contribution < 1.29 is 4.42 Å². The van der Waals surface area contributed by atoms with Crippen LogP contribution in [0.4, 0.5) is 0 Å². The highest BCUT2D eigenvalue weighted by atomic mass is 32.1. The van der Waals surface area contributed by atoms with Crippen molar-refractivity contribution in [1.29, 1.82) is 0 Å². The first-order valence-electron chi connectivity index (χ1n) is 22.0. The molecular formula is C61H42N2OS. The summed E-state index contributed by atoms with van der Waals surface area (Å²) in [7, 11) is 0. The van der Waals surface area contributed by atoms with Crippen molar-refractivity contribution in [3.8, 4) is 55.9 Å². The van der Waals surface area contributed by atoms with Gasteiger partial charge in [0.25, 0.3) is 0 Å². The number of para-hydroxylation sites is 2. The lowest BCUT2D eigenvalue weighted by molar-refractivity contribution is 0.669. The van der Waals surface area contributed by atoms with E-state index in [1.807, 2.05) is 0 Å². The maximum atomic E-state index is 6.54. The highest BCUT2D eigenvalue weighted by molar-refractivity contribution is 7.79. The van der Waals surface area contributed by atoms with Crippen molar-refractivity contribution in [2.75, 3.05) is 6.26 Å². The zero-order valence-corrected chi connectivity index (χ0v) is 36.6. The van der Waals surface area contributed by atoms with Gasteiger partial charge in [0, 0.05) is 43.7 Å². The fraction of sp³-hybridized carbons (Fsp3) is 0.0164. The molecule has 65 heavy (non-hydrogen) atoms. The number of hydrogen-bond acceptors (Lipinski definition) is 2. The van der Waals surface area contributed by atoms with Crippen molar-refractivity contribution in [2.24, 2.45) is 0 Å². The molecule has 0 spiro atoms. The standard InChI is InChI=1S/C60H38N2O.CH4S/c1-3-13-39(14-4-1)41-17-11-19-43(33-41)45-25-29-57-51(35-45)52-36-46(44-20-12-18-42(34-44)40-15-5-2-6-16-40)26-30-58(52)62(57)48-28-32-60-54(38-48)53-37-47(27-31-59(53)63-60)61-55-23-9-7-21-49(55)50-22-8-10-24-56(50)61;1-2/h1-38H;2H,1H3. The van der Waals surface area contributed by atoms with E-state index in [0.717, 1.165) is 44.3 Å². The van der Waals surface area contributed by atoms with Crippen molar-refractivity contribution in [3.63, 3.8) is 0 Å². The molecule has 0 aliphatic carbocycles. The van der Waals surface area contributed by atoms with E-state index in [4.69, 9.17) is 4.42 Å². The molecule has 0 fully saturated rings. The Hall–Kier alpha value is -8.05. The number of furan rings is 1. The van der Waals surface area contributed by atoms with E-state index in [2.05, 4.69) is 252 Å². The van der Waals surface area contributed by atoms with E-state index in [9.17, 15) is 0 Å². The average Bonchev–Trinajstić information content (AvgIpc) is 4.04. The maximum Gasteiger partial charge on any atom is 0.135 e. The quantitative estimate of drug-likeness (QED) is 0.166. The third-order valence-electron chi connectivity index (χ3n) is 12.9. The van der Waals surface area contributed by atoms with Crippen LogP contribution in [0.1, 0.15) is 0 Å². The van der Waals surface area contributed by atoms with Crippen LogP contribution in [-0.4, -0.2) is 15.4 Å². The van der Waals surface area contributed by atoms with Crippen molar-refractivity contribution in [1.82, 2.24) is 9.13 Å². The van der Waals surface area contributed by atoms with E-state index in [-0.39, 0.29) is 0 Å². The molecule has 0 bridgehead atoms. The molecule has 0 aliphatic heterocycles. The number of rotatable bonds is 6. The van der Waals surface area contributed by atoms with Gasteiger partial charge in [-0.25, -0.2) is 0 Å². The second-order valence-electron chi connectivity index (χ2n) is 16.5. The number of fused-ring (bicyclic) bond motifs is 9. The van der Waals surface area contributed by atoms with Crippen LogP contribution in [-0.2, 0) is 0 Å². The Kier molecular flexibility index (Phi) is 9.47. The highest BCUT2D eigenvalue weighted by Gasteiger charge is 2.19. The van der Waals surface area contributed by atoms with Gasteiger partial charge in [0.15, 0.2) is 0 Å². The van der Waals surface area contributed by atoms with Crippen molar-refractivity contribution in [2.45, 2.75) is 0 Å². The minimum Gasteiger partial charge on any atom is -0.456 e. The summed E-state index contributed by atoms with van der Waals surface area (Å²) in [5.41, 5.74) is 18.2. The molecule has 4 heteroatoms. The van der Waals surface area contributed by atoms with Gasteiger partial charge in [-0.05, 0) is 136 Å². The summed E-state index contributed by atoms with van der Waals surface area (Å²) in [5, 5.41) is 7.09. The molecule has 3 heterocycles. The lowest BCUT2D eigenvalue weighted by Gasteiger charge is -2.10. The number of thiol groups is 1. The fourth-order valence-electron chi connectivity index (χ4n) is 9.91. The Labute approximate surface area is 382 Å². The Balaban J connectivity index is 0.00000219. The van der Waals surface area contributed by atoms with Crippen LogP contribution in [0.5, 0.6) is 0 Å². The molecule has 10 aromatic carbocycles. The first-order valence-corrected chi connectivity index (χ1v) is 22.9. The normalized spacial score (nSPS) is 11.5. The predicted molar refractivity (Wildman–Crippen MR) is 279 cm³/mol.